The van der Waals surface area contributed by atoms with E-state index in [1.54, 1.807) is 30.3 Å². The van der Waals surface area contributed by atoms with Crippen molar-refractivity contribution in [3.63, 3.8) is 0 Å². The molecule has 0 spiro atoms. The number of nitrogens with one attached hydrogen (secondary N) is 1. The van der Waals surface area contributed by atoms with Gasteiger partial charge in [-0.05, 0) is 49.3 Å². The first-order chi connectivity index (χ1) is 15.1. The Labute approximate surface area is 206 Å². The molecule has 0 radical (unpaired) electrons. The lowest BCUT2D eigenvalue weighted by Crippen LogP contribution is -2.46. The van der Waals surface area contributed by atoms with Crippen molar-refractivity contribution in [3.05, 3.63) is 45.4 Å². The Morgan fingerprint density at radius 1 is 1.28 bits per heavy atom. The fraction of sp³-hybridized carbons (Fsp3) is 0.316. The van der Waals surface area contributed by atoms with E-state index in [1.165, 1.54) is 17.0 Å². The van der Waals surface area contributed by atoms with Gasteiger partial charge < -0.3 is 15.6 Å². The molecule has 8 nitrogen and oxygen atoms in total. The van der Waals surface area contributed by atoms with Crippen molar-refractivity contribution in [1.82, 2.24) is 9.84 Å². The van der Waals surface area contributed by atoms with E-state index < -0.39 is 20.7 Å². The summed E-state index contributed by atoms with van der Waals surface area (Å²) in [5.74, 6) is -0.642. The van der Waals surface area contributed by atoms with Crippen LogP contribution < -0.4 is 15.5 Å². The van der Waals surface area contributed by atoms with Gasteiger partial charge in [0.05, 0.1) is 33.0 Å². The molecule has 1 fully saturated rings. The highest BCUT2D eigenvalue weighted by Gasteiger charge is 2.33. The molecule has 2 aromatic rings. The minimum absolute atomic E-state index is 0.0266. The number of nitrogens with two attached hydrogens (primary N) is 1. The Balaban J connectivity index is 2.08. The standard InChI is InChI=1S/C19H21Cl3N4O4S2/c1-30-10-11-4-3-9-25(11)24-32(28,29)18-13(21)7-8-15(17(18)27)26(19(23)31)14-6-2-5-12(20)16(14)22/h2,5-8,11,24,27H,3-4,9-10H2,1H3,(H2,23,31)/t11-/m1/s1. The fourth-order valence-electron chi connectivity index (χ4n) is 3.53. The number of hydrogen-bond acceptors (Lipinski definition) is 6. The summed E-state index contributed by atoms with van der Waals surface area (Å²) in [6.07, 6.45) is 1.55. The Morgan fingerprint density at radius 2 is 2.00 bits per heavy atom. The second-order valence-electron chi connectivity index (χ2n) is 7.03. The zero-order valence-corrected chi connectivity index (χ0v) is 20.8. The Bertz CT molecular complexity index is 1130. The molecule has 0 aromatic heterocycles. The Morgan fingerprint density at radius 3 is 2.66 bits per heavy atom. The van der Waals surface area contributed by atoms with Gasteiger partial charge in [0.1, 0.15) is 4.90 Å². The van der Waals surface area contributed by atoms with Crippen LogP contribution in [0.15, 0.2) is 35.2 Å². The maximum atomic E-state index is 13.2. The van der Waals surface area contributed by atoms with Gasteiger partial charge in [0, 0.05) is 19.7 Å². The molecule has 1 heterocycles. The van der Waals surface area contributed by atoms with Gasteiger partial charge in [0.25, 0.3) is 10.0 Å². The topological polar surface area (TPSA) is 108 Å². The number of phenolic OH excluding ortho intramolecular Hbond substituents is 1. The van der Waals surface area contributed by atoms with Gasteiger partial charge in [-0.2, -0.15) is 0 Å². The molecule has 13 heteroatoms. The number of methoxy groups -OCH3 is 1. The van der Waals surface area contributed by atoms with Crippen LogP contribution in [0.5, 0.6) is 5.75 Å². The van der Waals surface area contributed by atoms with Gasteiger partial charge in [-0.3, -0.25) is 4.90 Å². The third-order valence-electron chi connectivity index (χ3n) is 4.94. The SMILES string of the molecule is COC[C@H]1CCCN1NS(=O)(=O)c1c(Cl)ccc(N(C(N)=S)c2cccc(Cl)c2Cl)c1O. The molecule has 1 atom stereocenters. The lowest BCUT2D eigenvalue weighted by Gasteiger charge is -2.27. The Hall–Kier alpha value is -1.37. The normalized spacial score (nSPS) is 16.9. The van der Waals surface area contributed by atoms with Crippen LogP contribution in [-0.2, 0) is 14.8 Å². The molecule has 2 aromatic carbocycles. The van der Waals surface area contributed by atoms with E-state index in [1.807, 2.05) is 0 Å². The molecule has 0 unspecified atom stereocenters. The number of sulfonamides is 1. The molecule has 0 saturated carbocycles. The molecule has 1 saturated heterocycles. The third-order valence-corrected chi connectivity index (χ3v) is 7.78. The van der Waals surface area contributed by atoms with Crippen LogP contribution in [-0.4, -0.2) is 49.9 Å². The summed E-state index contributed by atoms with van der Waals surface area (Å²) in [5, 5.41) is 12.5. The van der Waals surface area contributed by atoms with Gasteiger partial charge in [-0.1, -0.05) is 40.9 Å². The average molecular weight is 540 g/mol. The number of hydrazine groups is 1. The van der Waals surface area contributed by atoms with E-state index in [9.17, 15) is 13.5 Å². The van der Waals surface area contributed by atoms with Crippen LogP contribution >= 0.6 is 47.0 Å². The largest absolute Gasteiger partial charge is 0.504 e. The number of ether oxygens (including phenoxy) is 1. The van der Waals surface area contributed by atoms with Gasteiger partial charge in [-0.15, -0.1) is 4.83 Å². The summed E-state index contributed by atoms with van der Waals surface area (Å²) < 4.78 is 31.6. The molecule has 174 valence electrons. The third kappa shape index (κ3) is 5.07. The number of anilines is 2. The van der Waals surface area contributed by atoms with Crippen LogP contribution in [0.2, 0.25) is 15.1 Å². The lowest BCUT2D eigenvalue weighted by molar-refractivity contribution is 0.104. The summed E-state index contributed by atoms with van der Waals surface area (Å²) in [7, 11) is -2.73. The van der Waals surface area contributed by atoms with Crippen LogP contribution in [0, 0.1) is 0 Å². The number of thiocarbonyl (C=S) groups is 1. The minimum atomic E-state index is -4.27. The smallest absolute Gasteiger partial charge is 0.258 e. The molecule has 32 heavy (non-hydrogen) atoms. The van der Waals surface area contributed by atoms with Crippen molar-refractivity contribution < 1.29 is 18.3 Å². The van der Waals surface area contributed by atoms with E-state index in [-0.39, 0.29) is 37.6 Å². The van der Waals surface area contributed by atoms with Crippen molar-refractivity contribution in [2.24, 2.45) is 5.73 Å². The minimum Gasteiger partial charge on any atom is -0.504 e. The Kier molecular flexibility index (Phi) is 8.11. The zero-order valence-electron chi connectivity index (χ0n) is 16.9. The monoisotopic (exact) mass is 538 g/mol. The van der Waals surface area contributed by atoms with Gasteiger partial charge in [-0.25, -0.2) is 13.4 Å². The first kappa shape index (κ1) is 25.3. The summed E-state index contributed by atoms with van der Waals surface area (Å²) in [5.41, 5.74) is 6.13. The van der Waals surface area contributed by atoms with Crippen molar-refractivity contribution in [1.29, 1.82) is 0 Å². The van der Waals surface area contributed by atoms with Crippen molar-refractivity contribution >= 4 is 73.5 Å². The summed E-state index contributed by atoms with van der Waals surface area (Å²) in [4.78, 5) is 3.20. The molecule has 0 aliphatic carbocycles. The van der Waals surface area contributed by atoms with Crippen molar-refractivity contribution in [3.8, 4) is 5.75 Å². The molecular formula is C19H21Cl3N4O4S2. The molecule has 1 aliphatic heterocycles. The lowest BCUT2D eigenvalue weighted by atomic mass is 10.2. The van der Waals surface area contributed by atoms with Gasteiger partial charge >= 0.3 is 0 Å². The highest BCUT2D eigenvalue weighted by molar-refractivity contribution is 7.89. The van der Waals surface area contributed by atoms with Gasteiger partial charge in [0.15, 0.2) is 10.9 Å². The van der Waals surface area contributed by atoms with E-state index in [0.29, 0.717) is 13.2 Å². The van der Waals surface area contributed by atoms with Crippen LogP contribution in [0.25, 0.3) is 0 Å². The van der Waals surface area contributed by atoms with Crippen LogP contribution in [0.1, 0.15) is 12.8 Å². The molecular weight excluding hydrogens is 519 g/mol. The van der Waals surface area contributed by atoms with E-state index >= 15 is 0 Å². The average Bonchev–Trinajstić information content (AvgIpc) is 3.13. The zero-order chi connectivity index (χ0) is 23.6. The number of phenols is 1. The highest BCUT2D eigenvalue weighted by atomic mass is 35.5. The summed E-state index contributed by atoms with van der Waals surface area (Å²) >= 11 is 23.8. The molecule has 0 amide bonds. The number of aromatic hydroxyl groups is 1. The number of benzene rings is 2. The quantitative estimate of drug-likeness (QED) is 0.453. The first-order valence-corrected chi connectivity index (χ1v) is 12.4. The first-order valence-electron chi connectivity index (χ1n) is 9.41. The maximum absolute atomic E-state index is 13.2. The second-order valence-corrected chi connectivity index (χ2v) is 10.2. The highest BCUT2D eigenvalue weighted by Crippen LogP contribution is 2.44. The van der Waals surface area contributed by atoms with Crippen LogP contribution in [0.4, 0.5) is 11.4 Å². The maximum Gasteiger partial charge on any atom is 0.258 e. The molecule has 4 N–H and O–H groups in total. The number of halogens is 3. The summed E-state index contributed by atoms with van der Waals surface area (Å²) in [6.45, 7) is 0.840. The fourth-order valence-corrected chi connectivity index (χ4v) is 5.88. The molecule has 1 aliphatic rings. The predicted octanol–water partition coefficient (Wildman–Crippen LogP) is 4.04. The predicted molar refractivity (Wildman–Crippen MR) is 130 cm³/mol. The number of nitrogens with zero attached hydrogens (tertiary/aromatic N) is 2. The molecule has 3 rings (SSSR count). The van der Waals surface area contributed by atoms with Gasteiger partial charge in [0.2, 0.25) is 0 Å². The van der Waals surface area contributed by atoms with Crippen molar-refractivity contribution in [2.45, 2.75) is 23.8 Å². The van der Waals surface area contributed by atoms with Crippen LogP contribution in [0.3, 0.4) is 0 Å². The number of hydrogen-bond donors (Lipinski definition) is 3. The summed E-state index contributed by atoms with van der Waals surface area (Å²) in [6, 6.07) is 7.33. The van der Waals surface area contributed by atoms with Crippen molar-refractivity contribution in [2.75, 3.05) is 25.2 Å². The van der Waals surface area contributed by atoms with E-state index in [0.717, 1.165) is 12.8 Å². The number of rotatable bonds is 7. The van der Waals surface area contributed by atoms with E-state index in [2.05, 4.69) is 4.83 Å². The second kappa shape index (κ2) is 10.3. The van der Waals surface area contributed by atoms with E-state index in [4.69, 9.17) is 57.5 Å². The molecule has 0 bridgehead atoms.